The fourth-order valence-electron chi connectivity index (χ4n) is 6.35. The van der Waals surface area contributed by atoms with Crippen molar-refractivity contribution in [2.75, 3.05) is 0 Å². The molecule has 0 radical (unpaired) electrons. The lowest BCUT2D eigenvalue weighted by molar-refractivity contribution is -0.160. The van der Waals surface area contributed by atoms with E-state index < -0.39 is 0 Å². The highest BCUT2D eigenvalue weighted by molar-refractivity contribution is 5.38. The van der Waals surface area contributed by atoms with Gasteiger partial charge in [0.05, 0.1) is 0 Å². The van der Waals surface area contributed by atoms with Crippen LogP contribution in [-0.2, 0) is 9.53 Å². The number of hydrogen-bond acceptors (Lipinski definition) is 2. The third-order valence-electron chi connectivity index (χ3n) is 7.33. The highest BCUT2D eigenvalue weighted by atomic mass is 16.5. The maximum Gasteiger partial charge on any atom is 0.293 e. The zero-order chi connectivity index (χ0) is 14.9. The van der Waals surface area contributed by atoms with Crippen LogP contribution in [-0.4, -0.2) is 12.1 Å². The van der Waals surface area contributed by atoms with Crippen LogP contribution >= 0.6 is 0 Å². The molecular weight excluding hydrogens is 260 g/mol. The molecule has 120 valence electrons. The summed E-state index contributed by atoms with van der Waals surface area (Å²) in [5.74, 6) is 4.46. The summed E-state index contributed by atoms with van der Waals surface area (Å²) in [5.41, 5.74) is -0.183. The van der Waals surface area contributed by atoms with Crippen molar-refractivity contribution in [3.63, 3.8) is 0 Å². The molecule has 0 aromatic carbocycles. The number of carbonyl (C=O) groups is 1. The van der Waals surface area contributed by atoms with E-state index in [1.165, 1.54) is 51.4 Å². The minimum Gasteiger partial charge on any atom is -0.461 e. The predicted octanol–water partition coefficient (Wildman–Crippen LogP) is 4.96. The molecule has 0 spiro atoms. The maximum absolute atomic E-state index is 11.1. The summed E-state index contributed by atoms with van der Waals surface area (Å²) in [6.07, 6.45) is 13.3. The monoisotopic (exact) mass is 292 g/mol. The summed E-state index contributed by atoms with van der Waals surface area (Å²) >= 11 is 0. The van der Waals surface area contributed by atoms with Crippen LogP contribution in [0.3, 0.4) is 0 Å². The Morgan fingerprint density at radius 3 is 1.95 bits per heavy atom. The summed E-state index contributed by atoms with van der Waals surface area (Å²) < 4.78 is 5.70. The van der Waals surface area contributed by atoms with Gasteiger partial charge < -0.3 is 4.74 Å². The first-order valence-electron chi connectivity index (χ1n) is 9.35. The van der Waals surface area contributed by atoms with Crippen LogP contribution < -0.4 is 0 Å². The second kappa shape index (κ2) is 6.30. The molecule has 0 amide bonds. The lowest BCUT2D eigenvalue weighted by Crippen LogP contribution is -2.49. The number of rotatable bonds is 5. The van der Waals surface area contributed by atoms with Crippen molar-refractivity contribution < 1.29 is 9.53 Å². The number of carbonyl (C=O) groups excluding carboxylic acids is 1. The fraction of sp³-hybridized carbons (Fsp3) is 0.947. The normalized spacial score (nSPS) is 39.4. The van der Waals surface area contributed by atoms with Crippen LogP contribution in [0.1, 0.15) is 78.1 Å². The Morgan fingerprint density at radius 1 is 0.952 bits per heavy atom. The van der Waals surface area contributed by atoms with Gasteiger partial charge in [-0.05, 0) is 55.3 Å². The first kappa shape index (κ1) is 15.4. The summed E-state index contributed by atoms with van der Waals surface area (Å²) in [4.78, 5) is 11.1. The van der Waals surface area contributed by atoms with E-state index in [4.69, 9.17) is 4.74 Å². The van der Waals surface area contributed by atoms with Crippen molar-refractivity contribution in [2.24, 2.45) is 29.6 Å². The SMILES string of the molecule is CCC(CC)(OC=O)C1CC2CCCC3CCCC(C1)C32. The Balaban J connectivity index is 1.81. The smallest absolute Gasteiger partial charge is 0.293 e. The zero-order valence-corrected chi connectivity index (χ0v) is 13.9. The molecule has 2 atom stereocenters. The minimum atomic E-state index is -0.183. The number of hydrogen-bond donors (Lipinski definition) is 0. The molecule has 3 saturated carbocycles. The molecule has 0 aliphatic heterocycles. The van der Waals surface area contributed by atoms with E-state index in [1.54, 1.807) is 0 Å². The first-order chi connectivity index (χ1) is 10.2. The Morgan fingerprint density at radius 2 is 1.48 bits per heavy atom. The van der Waals surface area contributed by atoms with Crippen LogP contribution in [0.5, 0.6) is 0 Å². The molecule has 3 fully saturated rings. The molecule has 0 saturated heterocycles. The van der Waals surface area contributed by atoms with Crippen LogP contribution in [0.15, 0.2) is 0 Å². The molecule has 0 bridgehead atoms. The van der Waals surface area contributed by atoms with Gasteiger partial charge in [-0.3, -0.25) is 4.79 Å². The molecule has 2 nitrogen and oxygen atoms in total. The molecule has 3 rings (SSSR count). The molecule has 2 unspecified atom stereocenters. The predicted molar refractivity (Wildman–Crippen MR) is 84.8 cm³/mol. The van der Waals surface area contributed by atoms with Gasteiger partial charge in [-0.15, -0.1) is 0 Å². The maximum atomic E-state index is 11.1. The van der Waals surface area contributed by atoms with Crippen LogP contribution in [0.2, 0.25) is 0 Å². The zero-order valence-electron chi connectivity index (χ0n) is 13.9. The largest absolute Gasteiger partial charge is 0.461 e. The van der Waals surface area contributed by atoms with Crippen molar-refractivity contribution in [3.05, 3.63) is 0 Å². The van der Waals surface area contributed by atoms with E-state index in [2.05, 4.69) is 13.8 Å². The average molecular weight is 292 g/mol. The summed E-state index contributed by atoms with van der Waals surface area (Å²) in [5, 5.41) is 0. The van der Waals surface area contributed by atoms with Gasteiger partial charge in [-0.1, -0.05) is 52.4 Å². The van der Waals surface area contributed by atoms with Gasteiger partial charge in [0, 0.05) is 0 Å². The van der Waals surface area contributed by atoms with Crippen LogP contribution in [0, 0.1) is 29.6 Å². The highest BCUT2D eigenvalue weighted by Gasteiger charge is 2.50. The van der Waals surface area contributed by atoms with Gasteiger partial charge >= 0.3 is 0 Å². The minimum absolute atomic E-state index is 0.183. The first-order valence-corrected chi connectivity index (χ1v) is 9.35. The van der Waals surface area contributed by atoms with Crippen LogP contribution in [0.4, 0.5) is 0 Å². The van der Waals surface area contributed by atoms with Gasteiger partial charge in [-0.2, -0.15) is 0 Å². The van der Waals surface area contributed by atoms with E-state index in [0.717, 1.165) is 36.5 Å². The van der Waals surface area contributed by atoms with Gasteiger partial charge in [0.1, 0.15) is 5.60 Å². The Hall–Kier alpha value is -0.530. The molecule has 3 aliphatic carbocycles. The molecular formula is C19H32O2. The van der Waals surface area contributed by atoms with E-state index in [9.17, 15) is 4.79 Å². The van der Waals surface area contributed by atoms with Gasteiger partial charge in [-0.25, -0.2) is 0 Å². The van der Waals surface area contributed by atoms with Crippen molar-refractivity contribution >= 4 is 6.47 Å². The van der Waals surface area contributed by atoms with Gasteiger partial charge in [0.2, 0.25) is 0 Å². The lowest BCUT2D eigenvalue weighted by atomic mass is 9.52. The van der Waals surface area contributed by atoms with Gasteiger partial charge in [0.15, 0.2) is 0 Å². The summed E-state index contributed by atoms with van der Waals surface area (Å²) in [6, 6.07) is 0. The fourth-order valence-corrected chi connectivity index (χ4v) is 6.35. The molecule has 0 aromatic rings. The molecule has 2 heteroatoms. The van der Waals surface area contributed by atoms with E-state index in [-0.39, 0.29) is 5.60 Å². The highest BCUT2D eigenvalue weighted by Crippen LogP contribution is 2.56. The Labute approximate surface area is 130 Å². The van der Waals surface area contributed by atoms with Crippen molar-refractivity contribution in [2.45, 2.75) is 83.7 Å². The standard InChI is InChI=1S/C19H32O2/c1-3-19(4-2,21-13-20)17-11-15-9-5-7-14-8-6-10-16(12-17)18(14)15/h13-18H,3-12H2,1-2H3. The van der Waals surface area contributed by atoms with Gasteiger partial charge in [0.25, 0.3) is 6.47 Å². The molecule has 3 aliphatic rings. The van der Waals surface area contributed by atoms with Crippen LogP contribution in [0.25, 0.3) is 0 Å². The van der Waals surface area contributed by atoms with Crippen molar-refractivity contribution in [3.8, 4) is 0 Å². The van der Waals surface area contributed by atoms with E-state index in [0.29, 0.717) is 12.4 Å². The average Bonchev–Trinajstić information content (AvgIpc) is 2.53. The molecule has 0 N–H and O–H groups in total. The molecule has 0 heterocycles. The lowest BCUT2D eigenvalue weighted by Gasteiger charge is -2.54. The summed E-state index contributed by atoms with van der Waals surface area (Å²) in [6.45, 7) is 5.11. The van der Waals surface area contributed by atoms with E-state index in [1.807, 2.05) is 0 Å². The Bertz CT molecular complexity index is 341. The van der Waals surface area contributed by atoms with Crippen molar-refractivity contribution in [1.82, 2.24) is 0 Å². The quantitative estimate of drug-likeness (QED) is 0.669. The molecule has 21 heavy (non-hydrogen) atoms. The third kappa shape index (κ3) is 2.64. The Kier molecular flexibility index (Phi) is 4.61. The topological polar surface area (TPSA) is 26.3 Å². The molecule has 0 aromatic heterocycles. The third-order valence-corrected chi connectivity index (χ3v) is 7.33. The second-order valence-corrected chi connectivity index (χ2v) is 7.87. The van der Waals surface area contributed by atoms with E-state index >= 15 is 0 Å². The second-order valence-electron chi connectivity index (χ2n) is 7.87. The summed E-state index contributed by atoms with van der Waals surface area (Å²) in [7, 11) is 0. The van der Waals surface area contributed by atoms with Crippen molar-refractivity contribution in [1.29, 1.82) is 0 Å². The number of ether oxygens (including phenoxy) is 1.